The summed E-state index contributed by atoms with van der Waals surface area (Å²) in [7, 11) is 1.73. The molecule has 5 heteroatoms. The molecule has 5 nitrogen and oxygen atoms in total. The summed E-state index contributed by atoms with van der Waals surface area (Å²) in [5.41, 5.74) is 1.09. The summed E-state index contributed by atoms with van der Waals surface area (Å²) in [5.74, 6) is 3.43. The largest absolute Gasteiger partial charge is 0.383 e. The first kappa shape index (κ1) is 15.0. The second kappa shape index (κ2) is 6.88. The van der Waals surface area contributed by atoms with Crippen molar-refractivity contribution in [3.05, 3.63) is 11.4 Å². The van der Waals surface area contributed by atoms with Gasteiger partial charge in [0.1, 0.15) is 17.5 Å². The van der Waals surface area contributed by atoms with Gasteiger partial charge in [-0.25, -0.2) is 9.97 Å². The molecule has 1 aliphatic carbocycles. The lowest BCUT2D eigenvalue weighted by molar-refractivity contribution is 0.184. The molecular formula is C15H26N4O. The number of methoxy groups -OCH3 is 1. The zero-order valence-corrected chi connectivity index (χ0v) is 13.0. The molecule has 1 aromatic rings. The van der Waals surface area contributed by atoms with Crippen LogP contribution in [-0.4, -0.2) is 36.3 Å². The van der Waals surface area contributed by atoms with Crippen molar-refractivity contribution >= 4 is 11.6 Å². The molecule has 0 radical (unpaired) electrons. The van der Waals surface area contributed by atoms with Gasteiger partial charge in [-0.3, -0.25) is 0 Å². The van der Waals surface area contributed by atoms with E-state index in [9.17, 15) is 0 Å². The van der Waals surface area contributed by atoms with Crippen molar-refractivity contribution in [2.45, 2.75) is 52.0 Å². The molecule has 0 aromatic carbocycles. The summed E-state index contributed by atoms with van der Waals surface area (Å²) in [6, 6.07) is 0.287. The van der Waals surface area contributed by atoms with Crippen LogP contribution in [0.15, 0.2) is 0 Å². The van der Waals surface area contributed by atoms with Crippen molar-refractivity contribution < 1.29 is 4.74 Å². The Morgan fingerprint density at radius 1 is 1.25 bits per heavy atom. The maximum atomic E-state index is 5.25. The topological polar surface area (TPSA) is 59.1 Å². The summed E-state index contributed by atoms with van der Waals surface area (Å²) in [4.78, 5) is 9.40. The maximum Gasteiger partial charge on any atom is 0.136 e. The summed E-state index contributed by atoms with van der Waals surface area (Å²) in [5, 5.41) is 6.84. The van der Waals surface area contributed by atoms with Crippen LogP contribution in [0.5, 0.6) is 0 Å². The molecule has 0 saturated heterocycles. The van der Waals surface area contributed by atoms with Gasteiger partial charge < -0.3 is 15.4 Å². The summed E-state index contributed by atoms with van der Waals surface area (Å²) < 4.78 is 5.25. The standard InChI is InChI=1S/C15H26N4O/c1-5-12(9-20-4)17-14-10(3)13(16-6-2)18-15(19-14)11-7-8-11/h11-12H,5-9H2,1-4H3,(H2,16,17,18,19). The Morgan fingerprint density at radius 3 is 2.50 bits per heavy atom. The maximum absolute atomic E-state index is 5.25. The van der Waals surface area contributed by atoms with Gasteiger partial charge in [-0.1, -0.05) is 6.92 Å². The normalized spacial score (nSPS) is 16.0. The van der Waals surface area contributed by atoms with E-state index in [0.29, 0.717) is 12.5 Å². The molecule has 112 valence electrons. The second-order valence-electron chi connectivity index (χ2n) is 5.41. The summed E-state index contributed by atoms with van der Waals surface area (Å²) in [6.07, 6.45) is 3.43. The van der Waals surface area contributed by atoms with Crippen molar-refractivity contribution in [1.82, 2.24) is 9.97 Å². The molecule has 2 N–H and O–H groups in total. The fraction of sp³-hybridized carbons (Fsp3) is 0.733. The number of nitrogens with zero attached hydrogens (tertiary/aromatic N) is 2. The minimum Gasteiger partial charge on any atom is -0.383 e. The highest BCUT2D eigenvalue weighted by molar-refractivity contribution is 5.58. The SMILES string of the molecule is CCNc1nc(C2CC2)nc(NC(CC)COC)c1C. The molecule has 1 heterocycles. The Balaban J connectivity index is 2.24. The molecule has 1 fully saturated rings. The van der Waals surface area contributed by atoms with Crippen LogP contribution in [0.2, 0.25) is 0 Å². The number of rotatable bonds is 8. The molecule has 1 unspecified atom stereocenters. The van der Waals surface area contributed by atoms with E-state index in [1.807, 2.05) is 0 Å². The minimum atomic E-state index is 0.287. The third kappa shape index (κ3) is 3.60. The van der Waals surface area contributed by atoms with Gasteiger partial charge in [0, 0.05) is 25.1 Å². The molecule has 1 aromatic heterocycles. The molecular weight excluding hydrogens is 252 g/mol. The van der Waals surface area contributed by atoms with Crippen molar-refractivity contribution in [3.63, 3.8) is 0 Å². The lowest BCUT2D eigenvalue weighted by Gasteiger charge is -2.20. The number of aromatic nitrogens is 2. The van der Waals surface area contributed by atoms with E-state index in [1.165, 1.54) is 12.8 Å². The molecule has 1 atom stereocenters. The van der Waals surface area contributed by atoms with Gasteiger partial charge in [-0.15, -0.1) is 0 Å². The lowest BCUT2D eigenvalue weighted by atomic mass is 10.2. The van der Waals surface area contributed by atoms with Gasteiger partial charge in [-0.2, -0.15) is 0 Å². The van der Waals surface area contributed by atoms with E-state index in [2.05, 4.69) is 36.4 Å². The highest BCUT2D eigenvalue weighted by atomic mass is 16.5. The highest BCUT2D eigenvalue weighted by Crippen LogP contribution is 2.39. The highest BCUT2D eigenvalue weighted by Gasteiger charge is 2.28. The monoisotopic (exact) mass is 278 g/mol. The van der Waals surface area contributed by atoms with Gasteiger partial charge in [-0.05, 0) is 33.1 Å². The molecule has 0 amide bonds. The zero-order valence-electron chi connectivity index (χ0n) is 13.0. The first-order valence-corrected chi connectivity index (χ1v) is 7.57. The average Bonchev–Trinajstić information content (AvgIpc) is 3.27. The quantitative estimate of drug-likeness (QED) is 0.765. The van der Waals surface area contributed by atoms with Crippen LogP contribution in [0.3, 0.4) is 0 Å². The third-order valence-electron chi connectivity index (χ3n) is 3.65. The van der Waals surface area contributed by atoms with E-state index in [1.54, 1.807) is 7.11 Å². The van der Waals surface area contributed by atoms with Gasteiger partial charge in [0.05, 0.1) is 12.6 Å². The van der Waals surface area contributed by atoms with E-state index >= 15 is 0 Å². The fourth-order valence-electron chi connectivity index (χ4n) is 2.19. The van der Waals surface area contributed by atoms with E-state index in [-0.39, 0.29) is 6.04 Å². The lowest BCUT2D eigenvalue weighted by Crippen LogP contribution is -2.25. The number of anilines is 2. The fourth-order valence-corrected chi connectivity index (χ4v) is 2.19. The van der Waals surface area contributed by atoms with Crippen molar-refractivity contribution in [2.24, 2.45) is 0 Å². The molecule has 20 heavy (non-hydrogen) atoms. The van der Waals surface area contributed by atoms with E-state index in [4.69, 9.17) is 9.72 Å². The summed E-state index contributed by atoms with van der Waals surface area (Å²) >= 11 is 0. The Kier molecular flexibility index (Phi) is 5.17. The van der Waals surface area contributed by atoms with Crippen molar-refractivity contribution in [2.75, 3.05) is 30.9 Å². The molecule has 0 spiro atoms. The van der Waals surface area contributed by atoms with Crippen LogP contribution in [0, 0.1) is 6.92 Å². The van der Waals surface area contributed by atoms with Crippen molar-refractivity contribution in [3.8, 4) is 0 Å². The average molecular weight is 278 g/mol. The smallest absolute Gasteiger partial charge is 0.136 e. The molecule has 1 saturated carbocycles. The molecule has 0 bridgehead atoms. The van der Waals surface area contributed by atoms with E-state index < -0.39 is 0 Å². The van der Waals surface area contributed by atoms with Gasteiger partial charge in [0.25, 0.3) is 0 Å². The third-order valence-corrected chi connectivity index (χ3v) is 3.65. The Labute approximate surface area is 121 Å². The van der Waals surface area contributed by atoms with Crippen molar-refractivity contribution in [1.29, 1.82) is 0 Å². The van der Waals surface area contributed by atoms with E-state index in [0.717, 1.165) is 36.0 Å². The van der Waals surface area contributed by atoms with Crippen LogP contribution in [0.25, 0.3) is 0 Å². The van der Waals surface area contributed by atoms with Gasteiger partial charge in [0.15, 0.2) is 0 Å². The Morgan fingerprint density at radius 2 is 1.95 bits per heavy atom. The molecule has 2 rings (SSSR count). The zero-order chi connectivity index (χ0) is 14.5. The van der Waals surface area contributed by atoms with Gasteiger partial charge in [0.2, 0.25) is 0 Å². The van der Waals surface area contributed by atoms with Crippen LogP contribution >= 0.6 is 0 Å². The predicted molar refractivity (Wildman–Crippen MR) is 82.5 cm³/mol. The number of ether oxygens (including phenoxy) is 1. The number of nitrogens with one attached hydrogen (secondary N) is 2. The second-order valence-corrected chi connectivity index (χ2v) is 5.41. The Bertz CT molecular complexity index is 446. The summed E-state index contributed by atoms with van der Waals surface area (Å²) in [6.45, 7) is 7.87. The predicted octanol–water partition coefficient (Wildman–Crippen LogP) is 2.93. The Hall–Kier alpha value is -1.36. The molecule has 0 aliphatic heterocycles. The number of hydrogen-bond acceptors (Lipinski definition) is 5. The molecule has 1 aliphatic rings. The first-order valence-electron chi connectivity index (χ1n) is 7.57. The van der Waals surface area contributed by atoms with Crippen LogP contribution in [0.4, 0.5) is 11.6 Å². The first-order chi connectivity index (χ1) is 9.69. The number of hydrogen-bond donors (Lipinski definition) is 2. The van der Waals surface area contributed by atoms with Crippen LogP contribution in [0.1, 0.15) is 50.4 Å². The minimum absolute atomic E-state index is 0.287. The van der Waals surface area contributed by atoms with Crippen LogP contribution < -0.4 is 10.6 Å². The van der Waals surface area contributed by atoms with Gasteiger partial charge >= 0.3 is 0 Å². The van der Waals surface area contributed by atoms with Crippen LogP contribution in [-0.2, 0) is 4.74 Å².